The van der Waals surface area contributed by atoms with E-state index in [2.05, 4.69) is 4.98 Å². The minimum absolute atomic E-state index is 0.703. The van der Waals surface area contributed by atoms with E-state index in [1.807, 2.05) is 12.5 Å². The van der Waals surface area contributed by atoms with Crippen molar-refractivity contribution in [1.29, 1.82) is 0 Å². The van der Waals surface area contributed by atoms with E-state index in [9.17, 15) is 0 Å². The van der Waals surface area contributed by atoms with Crippen LogP contribution in [0.2, 0.25) is 0 Å². The second-order valence-electron chi connectivity index (χ2n) is 1.26. The van der Waals surface area contributed by atoms with Crippen LogP contribution in [0.4, 0.5) is 0 Å². The molecule has 0 unspecified atom stereocenters. The van der Waals surface area contributed by atoms with Gasteiger partial charge in [-0.15, -0.1) is 8.20 Å². The lowest BCUT2D eigenvalue weighted by molar-refractivity contribution is 0.551. The van der Waals surface area contributed by atoms with Crippen molar-refractivity contribution in [2.45, 2.75) is 0 Å². The molecule has 0 aromatic carbocycles. The van der Waals surface area contributed by atoms with E-state index in [1.165, 1.54) is 8.20 Å². The Kier molecular flexibility index (Phi) is 1.81. The zero-order valence-corrected chi connectivity index (χ0v) is 5.43. The molecular formula is C5H6NOP. The molecule has 0 aliphatic heterocycles. The molecule has 3 heteroatoms. The molecule has 0 amide bonds. The minimum atomic E-state index is 0.703. The Labute approximate surface area is 49.3 Å². The van der Waals surface area contributed by atoms with Gasteiger partial charge < -0.3 is 4.42 Å². The molecule has 0 saturated heterocycles. The van der Waals surface area contributed by atoms with E-state index in [1.54, 1.807) is 12.5 Å². The average Bonchev–Trinajstić information content (AvgIpc) is 2.19. The van der Waals surface area contributed by atoms with Crippen molar-refractivity contribution in [3.63, 3.8) is 0 Å². The van der Waals surface area contributed by atoms with Gasteiger partial charge in [0.2, 0.25) is 5.89 Å². The van der Waals surface area contributed by atoms with Gasteiger partial charge in [-0.25, -0.2) is 4.98 Å². The van der Waals surface area contributed by atoms with E-state index in [-0.39, 0.29) is 0 Å². The zero-order chi connectivity index (χ0) is 5.82. The van der Waals surface area contributed by atoms with Gasteiger partial charge in [0.05, 0.1) is 6.20 Å². The summed E-state index contributed by atoms with van der Waals surface area (Å²) in [5.74, 6) is 2.61. The monoisotopic (exact) mass is 127 g/mol. The van der Waals surface area contributed by atoms with E-state index in [4.69, 9.17) is 4.42 Å². The van der Waals surface area contributed by atoms with E-state index >= 15 is 0 Å². The van der Waals surface area contributed by atoms with Crippen LogP contribution >= 0.6 is 8.20 Å². The molecule has 1 aromatic heterocycles. The van der Waals surface area contributed by atoms with Crippen LogP contribution in [0.25, 0.3) is 0 Å². The predicted octanol–water partition coefficient (Wildman–Crippen LogP) is 1.40. The van der Waals surface area contributed by atoms with E-state index in [0.717, 1.165) is 0 Å². The van der Waals surface area contributed by atoms with Crippen molar-refractivity contribution in [2.75, 3.05) is 6.66 Å². The quantitative estimate of drug-likeness (QED) is 0.533. The van der Waals surface area contributed by atoms with Crippen LogP contribution in [0.5, 0.6) is 0 Å². The summed E-state index contributed by atoms with van der Waals surface area (Å²) < 4.78 is 4.90. The SMILES string of the molecule is CP=Cc1ncco1. The second-order valence-corrected chi connectivity index (χ2v) is 2.03. The van der Waals surface area contributed by atoms with Gasteiger partial charge in [-0.2, -0.15) is 0 Å². The molecular weight excluding hydrogens is 121 g/mol. The zero-order valence-electron chi connectivity index (χ0n) is 4.53. The molecule has 0 fully saturated rings. The normalized spacial score (nSPS) is 10.6. The summed E-state index contributed by atoms with van der Waals surface area (Å²) in [6, 6.07) is 0. The lowest BCUT2D eigenvalue weighted by atomic mass is 10.8. The lowest BCUT2D eigenvalue weighted by Gasteiger charge is -1.73. The van der Waals surface area contributed by atoms with Crippen LogP contribution in [0, 0.1) is 0 Å². The summed E-state index contributed by atoms with van der Waals surface area (Å²) in [6.07, 6.45) is 3.20. The summed E-state index contributed by atoms with van der Waals surface area (Å²) in [5, 5.41) is 0. The molecule has 0 spiro atoms. The van der Waals surface area contributed by atoms with Gasteiger partial charge in [-0.1, -0.05) is 0 Å². The molecule has 1 rings (SSSR count). The van der Waals surface area contributed by atoms with Crippen molar-refractivity contribution >= 4 is 14.0 Å². The molecule has 0 aliphatic carbocycles. The highest BCUT2D eigenvalue weighted by atomic mass is 31.1. The largest absolute Gasteiger partial charge is 0.445 e. The first-order valence-electron chi connectivity index (χ1n) is 2.25. The Balaban J connectivity index is 2.77. The van der Waals surface area contributed by atoms with Crippen LogP contribution in [-0.4, -0.2) is 17.4 Å². The Morgan fingerprint density at radius 1 is 1.88 bits per heavy atom. The maximum absolute atomic E-state index is 4.90. The number of hydrogen-bond acceptors (Lipinski definition) is 2. The Morgan fingerprint density at radius 2 is 2.75 bits per heavy atom. The molecule has 0 radical (unpaired) electrons. The van der Waals surface area contributed by atoms with Crippen LogP contribution in [0.3, 0.4) is 0 Å². The van der Waals surface area contributed by atoms with Crippen LogP contribution in [0.1, 0.15) is 5.89 Å². The predicted molar refractivity (Wildman–Crippen MR) is 34.5 cm³/mol. The summed E-state index contributed by atoms with van der Waals surface area (Å²) in [5.41, 5.74) is 0. The average molecular weight is 127 g/mol. The number of hydrogen-bond donors (Lipinski definition) is 0. The van der Waals surface area contributed by atoms with Gasteiger partial charge in [0, 0.05) is 5.80 Å². The molecule has 0 bridgehead atoms. The summed E-state index contributed by atoms with van der Waals surface area (Å²) in [7, 11) is 1.17. The highest BCUT2D eigenvalue weighted by Gasteiger charge is 1.84. The Hall–Kier alpha value is -0.620. The number of oxazole rings is 1. The minimum Gasteiger partial charge on any atom is -0.445 e. The van der Waals surface area contributed by atoms with Crippen molar-refractivity contribution in [2.24, 2.45) is 0 Å². The smallest absolute Gasteiger partial charge is 0.222 e. The second kappa shape index (κ2) is 2.63. The van der Waals surface area contributed by atoms with E-state index < -0.39 is 0 Å². The molecule has 2 nitrogen and oxygen atoms in total. The van der Waals surface area contributed by atoms with Crippen LogP contribution in [-0.2, 0) is 0 Å². The fourth-order valence-electron chi connectivity index (χ4n) is 0.409. The molecule has 0 N–H and O–H groups in total. The Morgan fingerprint density at radius 3 is 3.25 bits per heavy atom. The Bertz CT molecular complexity index is 169. The molecule has 0 atom stereocenters. The maximum atomic E-state index is 4.90. The summed E-state index contributed by atoms with van der Waals surface area (Å²) >= 11 is 0. The number of aromatic nitrogens is 1. The van der Waals surface area contributed by atoms with Gasteiger partial charge in [0.15, 0.2) is 0 Å². The van der Waals surface area contributed by atoms with Gasteiger partial charge in [0.1, 0.15) is 6.26 Å². The lowest BCUT2D eigenvalue weighted by Crippen LogP contribution is -1.72. The third-order valence-electron chi connectivity index (χ3n) is 0.691. The van der Waals surface area contributed by atoms with Crippen molar-refractivity contribution in [3.05, 3.63) is 18.4 Å². The van der Waals surface area contributed by atoms with Crippen LogP contribution in [0.15, 0.2) is 16.9 Å². The van der Waals surface area contributed by atoms with E-state index in [0.29, 0.717) is 5.89 Å². The first-order valence-corrected chi connectivity index (χ1v) is 3.66. The highest BCUT2D eigenvalue weighted by Crippen LogP contribution is 1.93. The van der Waals surface area contributed by atoms with Gasteiger partial charge in [-0.3, -0.25) is 0 Å². The highest BCUT2D eigenvalue weighted by molar-refractivity contribution is 7.38. The third-order valence-corrected chi connectivity index (χ3v) is 1.17. The molecule has 0 saturated carbocycles. The molecule has 8 heavy (non-hydrogen) atoms. The van der Waals surface area contributed by atoms with Gasteiger partial charge in [0.25, 0.3) is 0 Å². The first kappa shape index (κ1) is 5.52. The first-order chi connectivity index (χ1) is 3.93. The van der Waals surface area contributed by atoms with Crippen molar-refractivity contribution < 1.29 is 4.42 Å². The van der Waals surface area contributed by atoms with Crippen molar-refractivity contribution in [1.82, 2.24) is 4.98 Å². The van der Waals surface area contributed by atoms with Gasteiger partial charge >= 0.3 is 0 Å². The fourth-order valence-corrected chi connectivity index (χ4v) is 0.757. The van der Waals surface area contributed by atoms with Gasteiger partial charge in [-0.05, 0) is 6.66 Å². The fraction of sp³-hybridized carbons (Fsp3) is 0.200. The maximum Gasteiger partial charge on any atom is 0.222 e. The summed E-state index contributed by atoms with van der Waals surface area (Å²) in [4.78, 5) is 3.88. The topological polar surface area (TPSA) is 26.0 Å². The third kappa shape index (κ3) is 1.17. The molecule has 42 valence electrons. The number of rotatable bonds is 1. The molecule has 1 aromatic rings. The standard InChI is InChI=1S/C5H6NOP/c1-8-4-5-6-2-3-7-5/h2-4H,1H3. The molecule has 1 heterocycles. The van der Waals surface area contributed by atoms with Crippen molar-refractivity contribution in [3.8, 4) is 0 Å². The summed E-state index contributed by atoms with van der Waals surface area (Å²) in [6.45, 7) is 2.02. The molecule has 0 aliphatic rings. The number of nitrogens with zero attached hydrogens (tertiary/aromatic N) is 1. The van der Waals surface area contributed by atoms with Crippen LogP contribution < -0.4 is 0 Å².